The lowest BCUT2D eigenvalue weighted by molar-refractivity contribution is -0.118. The zero-order chi connectivity index (χ0) is 11.1. The predicted molar refractivity (Wildman–Crippen MR) is 63.1 cm³/mol. The smallest absolute Gasteiger partial charge is 0.146 e. The number of benzene rings is 1. The number of likely N-dealkylation sites (N-methyl/N-ethyl adjacent to an activating group) is 1. The van der Waals surface area contributed by atoms with Gasteiger partial charge in [-0.25, -0.2) is 0 Å². The Kier molecular flexibility index (Phi) is 5.05. The van der Waals surface area contributed by atoms with Crippen LogP contribution >= 0.6 is 0 Å². The highest BCUT2D eigenvalue weighted by Gasteiger charge is 2.00. The molecule has 0 amide bonds. The molecule has 82 valence electrons. The molecule has 0 saturated carbocycles. The molecule has 2 nitrogen and oxygen atoms in total. The fourth-order valence-electron chi connectivity index (χ4n) is 1.51. The van der Waals surface area contributed by atoms with E-state index in [1.54, 1.807) is 7.05 Å². The largest absolute Gasteiger partial charge is 0.313 e. The topological polar surface area (TPSA) is 29.1 Å². The lowest BCUT2D eigenvalue weighted by Crippen LogP contribution is -2.18. The van der Waals surface area contributed by atoms with E-state index in [2.05, 4.69) is 36.5 Å². The SMILES string of the molecule is CCc1ccc(CCC(=O)CNC)cc1. The van der Waals surface area contributed by atoms with Crippen LogP contribution in [0.1, 0.15) is 24.5 Å². The molecule has 0 atom stereocenters. The fraction of sp³-hybridized carbons (Fsp3) is 0.462. The van der Waals surface area contributed by atoms with E-state index in [4.69, 9.17) is 0 Å². The maximum Gasteiger partial charge on any atom is 0.146 e. The number of ketones is 1. The Hall–Kier alpha value is -1.15. The van der Waals surface area contributed by atoms with Crippen LogP contribution in [0, 0.1) is 0 Å². The molecule has 2 heteroatoms. The van der Waals surface area contributed by atoms with Crippen LogP contribution in [0.2, 0.25) is 0 Å². The number of carbonyl (C=O) groups excluding carboxylic acids is 1. The average Bonchev–Trinajstić information content (AvgIpc) is 2.27. The van der Waals surface area contributed by atoms with Crippen LogP contribution in [0.3, 0.4) is 0 Å². The van der Waals surface area contributed by atoms with E-state index < -0.39 is 0 Å². The summed E-state index contributed by atoms with van der Waals surface area (Å²) in [6.07, 6.45) is 2.55. The fourth-order valence-corrected chi connectivity index (χ4v) is 1.51. The number of hydrogen-bond donors (Lipinski definition) is 1. The summed E-state index contributed by atoms with van der Waals surface area (Å²) in [4.78, 5) is 11.3. The van der Waals surface area contributed by atoms with E-state index >= 15 is 0 Å². The Bertz CT molecular complexity index is 303. The van der Waals surface area contributed by atoms with E-state index in [1.807, 2.05) is 0 Å². The van der Waals surface area contributed by atoms with Crippen molar-refractivity contribution < 1.29 is 4.79 Å². The first-order chi connectivity index (χ1) is 7.26. The Labute approximate surface area is 91.7 Å². The van der Waals surface area contributed by atoms with Gasteiger partial charge in [-0.05, 0) is 31.0 Å². The van der Waals surface area contributed by atoms with Crippen LogP contribution in [0.15, 0.2) is 24.3 Å². The average molecular weight is 205 g/mol. The maximum atomic E-state index is 11.3. The van der Waals surface area contributed by atoms with Crippen molar-refractivity contribution in [3.63, 3.8) is 0 Å². The van der Waals surface area contributed by atoms with Crippen LogP contribution in [0.25, 0.3) is 0 Å². The summed E-state index contributed by atoms with van der Waals surface area (Å²) >= 11 is 0. The molecule has 1 aromatic rings. The Morgan fingerprint density at radius 3 is 2.33 bits per heavy atom. The molecule has 0 fully saturated rings. The van der Waals surface area contributed by atoms with Crippen molar-refractivity contribution in [3.8, 4) is 0 Å². The second kappa shape index (κ2) is 6.36. The quantitative estimate of drug-likeness (QED) is 0.769. The Morgan fingerprint density at radius 2 is 1.80 bits per heavy atom. The molecular formula is C13H19NO. The van der Waals surface area contributed by atoms with Crippen LogP contribution < -0.4 is 5.32 Å². The van der Waals surface area contributed by atoms with Gasteiger partial charge in [-0.3, -0.25) is 4.79 Å². The standard InChI is InChI=1S/C13H19NO/c1-3-11-4-6-12(7-5-11)8-9-13(15)10-14-2/h4-7,14H,3,8-10H2,1-2H3. The summed E-state index contributed by atoms with van der Waals surface area (Å²) in [5.74, 6) is 0.275. The summed E-state index contributed by atoms with van der Waals surface area (Å²) < 4.78 is 0. The molecule has 15 heavy (non-hydrogen) atoms. The van der Waals surface area contributed by atoms with Crippen molar-refractivity contribution in [2.75, 3.05) is 13.6 Å². The number of Topliss-reactive ketones (excluding diaryl/α,β-unsaturated/α-hetero) is 1. The molecule has 1 rings (SSSR count). The van der Waals surface area contributed by atoms with Crippen molar-refractivity contribution in [2.45, 2.75) is 26.2 Å². The molecule has 0 unspecified atom stereocenters. The van der Waals surface area contributed by atoms with E-state index in [1.165, 1.54) is 11.1 Å². The summed E-state index contributed by atoms with van der Waals surface area (Å²) in [7, 11) is 1.80. The lowest BCUT2D eigenvalue weighted by atomic mass is 10.0. The van der Waals surface area contributed by atoms with Gasteiger partial charge in [0.15, 0.2) is 0 Å². The molecule has 0 aromatic heterocycles. The molecule has 0 heterocycles. The van der Waals surface area contributed by atoms with Gasteiger partial charge in [0.25, 0.3) is 0 Å². The monoisotopic (exact) mass is 205 g/mol. The zero-order valence-corrected chi connectivity index (χ0v) is 9.55. The van der Waals surface area contributed by atoms with Gasteiger partial charge < -0.3 is 5.32 Å². The van der Waals surface area contributed by atoms with Crippen molar-refractivity contribution in [1.82, 2.24) is 5.32 Å². The summed E-state index contributed by atoms with van der Waals surface area (Å²) in [5.41, 5.74) is 2.59. The third-order valence-corrected chi connectivity index (χ3v) is 2.50. The first-order valence-corrected chi connectivity index (χ1v) is 5.50. The highest BCUT2D eigenvalue weighted by Crippen LogP contribution is 2.07. The molecule has 0 aliphatic rings. The van der Waals surface area contributed by atoms with Gasteiger partial charge in [0.05, 0.1) is 6.54 Å². The maximum absolute atomic E-state index is 11.3. The van der Waals surface area contributed by atoms with E-state index in [0.29, 0.717) is 13.0 Å². The highest BCUT2D eigenvalue weighted by atomic mass is 16.1. The van der Waals surface area contributed by atoms with Crippen LogP contribution in [0.4, 0.5) is 0 Å². The van der Waals surface area contributed by atoms with Crippen LogP contribution in [0.5, 0.6) is 0 Å². The van der Waals surface area contributed by atoms with Crippen molar-refractivity contribution in [1.29, 1.82) is 0 Å². The minimum Gasteiger partial charge on any atom is -0.313 e. The van der Waals surface area contributed by atoms with E-state index in [-0.39, 0.29) is 5.78 Å². The first-order valence-electron chi connectivity index (χ1n) is 5.50. The minimum atomic E-state index is 0.275. The van der Waals surface area contributed by atoms with E-state index in [0.717, 1.165) is 12.8 Å². The zero-order valence-electron chi connectivity index (χ0n) is 9.55. The molecule has 0 saturated heterocycles. The molecule has 0 aliphatic carbocycles. The van der Waals surface area contributed by atoms with Gasteiger partial charge >= 0.3 is 0 Å². The van der Waals surface area contributed by atoms with Gasteiger partial charge in [-0.15, -0.1) is 0 Å². The lowest BCUT2D eigenvalue weighted by Gasteiger charge is -2.02. The molecule has 0 radical (unpaired) electrons. The van der Waals surface area contributed by atoms with Crippen molar-refractivity contribution in [2.24, 2.45) is 0 Å². The molecule has 0 spiro atoms. The van der Waals surface area contributed by atoms with Gasteiger partial charge in [0, 0.05) is 6.42 Å². The number of nitrogens with one attached hydrogen (secondary N) is 1. The normalized spacial score (nSPS) is 10.3. The third kappa shape index (κ3) is 4.26. The van der Waals surface area contributed by atoms with Crippen molar-refractivity contribution in [3.05, 3.63) is 35.4 Å². The molecule has 1 aromatic carbocycles. The number of hydrogen-bond acceptors (Lipinski definition) is 2. The first kappa shape index (κ1) is 11.9. The number of carbonyl (C=O) groups is 1. The minimum absolute atomic E-state index is 0.275. The number of aryl methyl sites for hydroxylation is 2. The molecule has 0 bridgehead atoms. The van der Waals surface area contributed by atoms with Gasteiger partial charge in [-0.1, -0.05) is 31.2 Å². The Balaban J connectivity index is 2.40. The summed E-state index contributed by atoms with van der Waals surface area (Å²) in [5, 5.41) is 2.87. The summed E-state index contributed by atoms with van der Waals surface area (Å²) in [6, 6.07) is 8.51. The van der Waals surface area contributed by atoms with Gasteiger partial charge in [-0.2, -0.15) is 0 Å². The third-order valence-electron chi connectivity index (χ3n) is 2.50. The van der Waals surface area contributed by atoms with Gasteiger partial charge in [0.1, 0.15) is 5.78 Å². The molecule has 0 aliphatic heterocycles. The Morgan fingerprint density at radius 1 is 1.20 bits per heavy atom. The van der Waals surface area contributed by atoms with E-state index in [9.17, 15) is 4.79 Å². The van der Waals surface area contributed by atoms with Gasteiger partial charge in [0.2, 0.25) is 0 Å². The predicted octanol–water partition coefficient (Wildman–Crippen LogP) is 1.97. The molecular weight excluding hydrogens is 186 g/mol. The van der Waals surface area contributed by atoms with Crippen molar-refractivity contribution >= 4 is 5.78 Å². The second-order valence-corrected chi connectivity index (χ2v) is 3.74. The number of rotatable bonds is 6. The van der Waals surface area contributed by atoms with Crippen LogP contribution in [-0.4, -0.2) is 19.4 Å². The summed E-state index contributed by atoms with van der Waals surface area (Å²) in [6.45, 7) is 2.62. The van der Waals surface area contributed by atoms with Crippen LogP contribution in [-0.2, 0) is 17.6 Å². The highest BCUT2D eigenvalue weighted by molar-refractivity contribution is 5.80. The molecule has 1 N–H and O–H groups in total. The second-order valence-electron chi connectivity index (χ2n) is 3.74.